The Hall–Kier alpha value is -1.62. The zero-order valence-electron chi connectivity index (χ0n) is 11.6. The van der Waals surface area contributed by atoms with Gasteiger partial charge in [-0.25, -0.2) is 4.98 Å². The molecule has 5 nitrogen and oxygen atoms in total. The molecule has 2 aliphatic rings. The van der Waals surface area contributed by atoms with Gasteiger partial charge in [0.1, 0.15) is 0 Å². The topological polar surface area (TPSA) is 54.2 Å². The minimum absolute atomic E-state index is 0.442. The lowest BCUT2D eigenvalue weighted by Crippen LogP contribution is -2.49. The first kappa shape index (κ1) is 12.1. The van der Waals surface area contributed by atoms with Crippen molar-refractivity contribution in [3.8, 4) is 0 Å². The van der Waals surface area contributed by atoms with E-state index in [2.05, 4.69) is 20.2 Å². The van der Waals surface area contributed by atoms with Crippen LogP contribution in [0.25, 0.3) is 11.2 Å². The molecule has 1 atom stereocenters. The number of likely N-dealkylation sites (tertiary alicyclic amines) is 1. The van der Waals surface area contributed by atoms with Gasteiger partial charge in [-0.3, -0.25) is 4.90 Å². The van der Waals surface area contributed by atoms with Crippen molar-refractivity contribution in [2.45, 2.75) is 44.2 Å². The van der Waals surface area contributed by atoms with Crippen LogP contribution in [0, 0.1) is 0 Å². The Kier molecular flexibility index (Phi) is 3.07. The number of fused-ring (bicyclic) bond motifs is 1. The third kappa shape index (κ3) is 2.26. The number of hydrogen-bond acceptors (Lipinski definition) is 5. The molecule has 1 saturated carbocycles. The van der Waals surface area contributed by atoms with E-state index < -0.39 is 0 Å². The predicted octanol–water partition coefficient (Wildman–Crippen LogP) is 2.65. The van der Waals surface area contributed by atoms with Gasteiger partial charge in [0.25, 0.3) is 6.01 Å². The normalized spacial score (nSPS) is 24.7. The van der Waals surface area contributed by atoms with E-state index in [1.807, 2.05) is 12.1 Å². The van der Waals surface area contributed by atoms with Gasteiger partial charge >= 0.3 is 0 Å². The second-order valence-electron chi connectivity index (χ2n) is 5.91. The van der Waals surface area contributed by atoms with Gasteiger partial charge in [-0.2, -0.15) is 4.98 Å². The van der Waals surface area contributed by atoms with Crippen LogP contribution in [0.15, 0.2) is 22.7 Å². The van der Waals surface area contributed by atoms with Crippen LogP contribution in [0.2, 0.25) is 0 Å². The van der Waals surface area contributed by atoms with E-state index >= 15 is 0 Å². The molecule has 106 valence electrons. The van der Waals surface area contributed by atoms with Crippen molar-refractivity contribution >= 4 is 17.2 Å². The molecule has 5 heteroatoms. The van der Waals surface area contributed by atoms with Crippen molar-refractivity contribution < 1.29 is 4.42 Å². The Bertz CT molecular complexity index is 559. The Balaban J connectivity index is 1.44. The number of nitrogens with zero attached hydrogens (tertiary/aromatic N) is 3. The Labute approximate surface area is 118 Å². The van der Waals surface area contributed by atoms with Crippen molar-refractivity contribution in [1.29, 1.82) is 0 Å². The molecule has 0 amide bonds. The number of aromatic nitrogens is 2. The summed E-state index contributed by atoms with van der Waals surface area (Å²) in [4.78, 5) is 11.2. The summed E-state index contributed by atoms with van der Waals surface area (Å²) in [7, 11) is 0. The lowest BCUT2D eigenvalue weighted by atomic mass is 9.89. The molecule has 0 radical (unpaired) electrons. The first-order valence-electron chi connectivity index (χ1n) is 7.60. The molecule has 2 aromatic heterocycles. The van der Waals surface area contributed by atoms with E-state index in [9.17, 15) is 0 Å². The summed E-state index contributed by atoms with van der Waals surface area (Å²) in [6.07, 6.45) is 8.34. The van der Waals surface area contributed by atoms with Gasteiger partial charge < -0.3 is 9.73 Å². The largest absolute Gasteiger partial charge is 0.422 e. The lowest BCUT2D eigenvalue weighted by molar-refractivity contribution is 0.0986. The van der Waals surface area contributed by atoms with E-state index in [0.29, 0.717) is 17.7 Å². The molecule has 0 aromatic carbocycles. The third-order valence-electron chi connectivity index (χ3n) is 4.54. The molecular weight excluding hydrogens is 252 g/mol. The van der Waals surface area contributed by atoms with Crippen LogP contribution >= 0.6 is 0 Å². The van der Waals surface area contributed by atoms with Crippen LogP contribution < -0.4 is 5.32 Å². The van der Waals surface area contributed by atoms with Gasteiger partial charge in [0.15, 0.2) is 5.58 Å². The summed E-state index contributed by atoms with van der Waals surface area (Å²) in [6.45, 7) is 2.36. The zero-order chi connectivity index (χ0) is 13.4. The van der Waals surface area contributed by atoms with E-state index in [4.69, 9.17) is 4.42 Å². The number of nitrogens with one attached hydrogen (secondary N) is 1. The fraction of sp³-hybridized carbons (Fsp3) is 0.600. The van der Waals surface area contributed by atoms with Crippen LogP contribution in [0.1, 0.15) is 32.1 Å². The van der Waals surface area contributed by atoms with Gasteiger partial charge in [0.05, 0.1) is 0 Å². The number of anilines is 1. The Morgan fingerprint density at radius 1 is 1.25 bits per heavy atom. The monoisotopic (exact) mass is 272 g/mol. The highest BCUT2D eigenvalue weighted by molar-refractivity contribution is 5.69. The predicted molar refractivity (Wildman–Crippen MR) is 77.7 cm³/mol. The number of pyridine rings is 1. The van der Waals surface area contributed by atoms with Crippen LogP contribution in [-0.2, 0) is 0 Å². The van der Waals surface area contributed by atoms with E-state index in [0.717, 1.165) is 18.2 Å². The van der Waals surface area contributed by atoms with Crippen LogP contribution in [0.5, 0.6) is 0 Å². The van der Waals surface area contributed by atoms with E-state index in [-0.39, 0.29) is 0 Å². The molecular formula is C15H20N4O. The molecule has 0 unspecified atom stereocenters. The van der Waals surface area contributed by atoms with Gasteiger partial charge in [0, 0.05) is 24.8 Å². The fourth-order valence-corrected chi connectivity index (χ4v) is 3.21. The Morgan fingerprint density at radius 2 is 2.20 bits per heavy atom. The summed E-state index contributed by atoms with van der Waals surface area (Å²) in [5.41, 5.74) is 1.43. The van der Waals surface area contributed by atoms with Crippen LogP contribution in [0.4, 0.5) is 6.01 Å². The molecule has 1 saturated heterocycles. The molecule has 2 aromatic rings. The minimum Gasteiger partial charge on any atom is -0.422 e. The zero-order valence-corrected chi connectivity index (χ0v) is 11.6. The van der Waals surface area contributed by atoms with Crippen molar-refractivity contribution in [2.24, 2.45) is 0 Å². The molecule has 1 aliphatic heterocycles. The highest BCUT2D eigenvalue weighted by Crippen LogP contribution is 2.28. The first-order valence-corrected chi connectivity index (χ1v) is 7.60. The molecule has 0 bridgehead atoms. The van der Waals surface area contributed by atoms with Crippen molar-refractivity contribution in [1.82, 2.24) is 14.9 Å². The summed E-state index contributed by atoms with van der Waals surface area (Å²) >= 11 is 0. The van der Waals surface area contributed by atoms with E-state index in [1.54, 1.807) is 6.20 Å². The number of hydrogen-bond donors (Lipinski definition) is 1. The van der Waals surface area contributed by atoms with Crippen molar-refractivity contribution in [3.05, 3.63) is 18.3 Å². The van der Waals surface area contributed by atoms with Crippen molar-refractivity contribution in [2.75, 3.05) is 18.4 Å². The second-order valence-corrected chi connectivity index (χ2v) is 5.91. The minimum atomic E-state index is 0.442. The maximum Gasteiger partial charge on any atom is 0.297 e. The lowest BCUT2D eigenvalue weighted by Gasteiger charge is -2.42. The molecule has 1 N–H and O–H groups in total. The average molecular weight is 272 g/mol. The molecule has 0 spiro atoms. The van der Waals surface area contributed by atoms with Crippen molar-refractivity contribution in [3.63, 3.8) is 0 Å². The molecule has 20 heavy (non-hydrogen) atoms. The van der Waals surface area contributed by atoms with Crippen LogP contribution in [0.3, 0.4) is 0 Å². The number of rotatable bonds is 3. The third-order valence-corrected chi connectivity index (χ3v) is 4.54. The fourth-order valence-electron chi connectivity index (χ4n) is 3.21. The summed E-state index contributed by atoms with van der Waals surface area (Å²) < 4.78 is 5.70. The number of oxazole rings is 1. The second kappa shape index (κ2) is 5.05. The average Bonchev–Trinajstić information content (AvgIpc) is 2.79. The van der Waals surface area contributed by atoms with Gasteiger partial charge in [-0.05, 0) is 44.4 Å². The van der Waals surface area contributed by atoms with E-state index in [1.165, 1.54) is 38.6 Å². The molecule has 3 heterocycles. The van der Waals surface area contributed by atoms with Gasteiger partial charge in [-0.15, -0.1) is 0 Å². The standard InChI is InChI=1S/C15H20N4O/c1-5-12(6-1)19-9-3-4-11(10-19)17-15-18-14-13(20-15)7-2-8-16-14/h2,7-8,11-12H,1,3-6,9-10H2,(H,16,17,18)/t11-/m1/s1. The van der Waals surface area contributed by atoms with Gasteiger partial charge in [0.2, 0.25) is 5.65 Å². The van der Waals surface area contributed by atoms with Crippen LogP contribution in [-0.4, -0.2) is 40.0 Å². The van der Waals surface area contributed by atoms with Gasteiger partial charge in [-0.1, -0.05) is 6.42 Å². The quantitative estimate of drug-likeness (QED) is 0.931. The number of piperidine rings is 1. The summed E-state index contributed by atoms with van der Waals surface area (Å²) in [6, 6.07) is 5.65. The maximum atomic E-state index is 5.70. The molecule has 4 rings (SSSR count). The Morgan fingerprint density at radius 3 is 3.00 bits per heavy atom. The molecule has 1 aliphatic carbocycles. The smallest absolute Gasteiger partial charge is 0.297 e. The summed E-state index contributed by atoms with van der Waals surface area (Å²) in [5, 5.41) is 3.44. The highest BCUT2D eigenvalue weighted by Gasteiger charge is 2.29. The molecule has 2 fully saturated rings. The highest BCUT2D eigenvalue weighted by atomic mass is 16.4. The first-order chi connectivity index (χ1) is 9.88. The maximum absolute atomic E-state index is 5.70. The SMILES string of the molecule is c1cnc2nc(N[C@@H]3CCCN(C4CCC4)C3)oc2c1. The summed E-state index contributed by atoms with van der Waals surface area (Å²) in [5.74, 6) is 0.